The van der Waals surface area contributed by atoms with Gasteiger partial charge < -0.3 is 16.4 Å². The van der Waals surface area contributed by atoms with Crippen LogP contribution in [0.4, 0.5) is 16.2 Å². The van der Waals surface area contributed by atoms with Crippen LogP contribution in [0.3, 0.4) is 0 Å². The molecule has 0 aromatic heterocycles. The standard InChI is InChI=1S/C12H17N3O/c1-8-5-6-9(13)7-11(8)15-12(16)14-10-3-2-4-10/h5-7,10H,2-4,13H2,1H3,(H2,14,15,16). The molecule has 1 aromatic rings. The van der Waals surface area contributed by atoms with Crippen molar-refractivity contribution in [1.82, 2.24) is 5.32 Å². The van der Waals surface area contributed by atoms with Gasteiger partial charge in [0.2, 0.25) is 0 Å². The van der Waals surface area contributed by atoms with Crippen LogP contribution < -0.4 is 16.4 Å². The fraction of sp³-hybridized carbons (Fsp3) is 0.417. The number of amides is 2. The summed E-state index contributed by atoms with van der Waals surface area (Å²) in [5.41, 5.74) is 8.11. The molecule has 86 valence electrons. The molecule has 1 aliphatic rings. The Balaban J connectivity index is 1.96. The molecule has 0 heterocycles. The molecule has 2 rings (SSSR count). The molecule has 0 radical (unpaired) electrons. The van der Waals surface area contributed by atoms with Crippen LogP contribution in [0.25, 0.3) is 0 Å². The lowest BCUT2D eigenvalue weighted by Crippen LogP contribution is -2.41. The number of nitrogen functional groups attached to an aromatic ring is 1. The molecule has 1 aromatic carbocycles. The second-order valence-corrected chi connectivity index (χ2v) is 4.30. The third kappa shape index (κ3) is 2.45. The van der Waals surface area contributed by atoms with Gasteiger partial charge in [0.05, 0.1) is 0 Å². The molecule has 4 nitrogen and oxygen atoms in total. The monoisotopic (exact) mass is 219 g/mol. The largest absolute Gasteiger partial charge is 0.399 e. The van der Waals surface area contributed by atoms with Crippen LogP contribution in [0, 0.1) is 6.92 Å². The van der Waals surface area contributed by atoms with Crippen molar-refractivity contribution >= 4 is 17.4 Å². The quantitative estimate of drug-likeness (QED) is 0.668. The molecular weight excluding hydrogens is 202 g/mol. The molecule has 1 aliphatic carbocycles. The normalized spacial score (nSPS) is 15.3. The number of urea groups is 1. The van der Waals surface area contributed by atoms with Crippen LogP contribution in [-0.4, -0.2) is 12.1 Å². The highest BCUT2D eigenvalue weighted by atomic mass is 16.2. The van der Waals surface area contributed by atoms with Gasteiger partial charge in [-0.05, 0) is 43.9 Å². The van der Waals surface area contributed by atoms with E-state index in [1.54, 1.807) is 6.07 Å². The Morgan fingerprint density at radius 2 is 2.19 bits per heavy atom. The van der Waals surface area contributed by atoms with E-state index < -0.39 is 0 Å². The van der Waals surface area contributed by atoms with Crippen molar-refractivity contribution in [2.75, 3.05) is 11.1 Å². The molecule has 4 N–H and O–H groups in total. The molecule has 0 atom stereocenters. The zero-order valence-corrected chi connectivity index (χ0v) is 9.42. The van der Waals surface area contributed by atoms with Gasteiger partial charge in [-0.15, -0.1) is 0 Å². The summed E-state index contributed by atoms with van der Waals surface area (Å²) in [5, 5.41) is 5.74. The Hall–Kier alpha value is -1.71. The Bertz CT molecular complexity index is 399. The summed E-state index contributed by atoms with van der Waals surface area (Å²) < 4.78 is 0. The average Bonchev–Trinajstić information content (AvgIpc) is 2.18. The SMILES string of the molecule is Cc1ccc(N)cc1NC(=O)NC1CCC1. The number of nitrogens with two attached hydrogens (primary N) is 1. The summed E-state index contributed by atoms with van der Waals surface area (Å²) in [6.07, 6.45) is 3.38. The van der Waals surface area contributed by atoms with E-state index in [4.69, 9.17) is 5.73 Å². The number of anilines is 2. The summed E-state index contributed by atoms with van der Waals surface area (Å²) >= 11 is 0. The summed E-state index contributed by atoms with van der Waals surface area (Å²) in [4.78, 5) is 11.6. The minimum absolute atomic E-state index is 0.140. The number of nitrogens with one attached hydrogen (secondary N) is 2. The smallest absolute Gasteiger partial charge is 0.319 e. The van der Waals surface area contributed by atoms with Crippen molar-refractivity contribution in [3.8, 4) is 0 Å². The number of carbonyl (C=O) groups is 1. The van der Waals surface area contributed by atoms with E-state index in [1.165, 1.54) is 6.42 Å². The van der Waals surface area contributed by atoms with E-state index in [0.717, 1.165) is 24.1 Å². The van der Waals surface area contributed by atoms with E-state index in [2.05, 4.69) is 10.6 Å². The number of carbonyl (C=O) groups excluding carboxylic acids is 1. The maximum absolute atomic E-state index is 11.6. The van der Waals surface area contributed by atoms with Crippen LogP contribution in [0.1, 0.15) is 24.8 Å². The van der Waals surface area contributed by atoms with E-state index in [9.17, 15) is 4.79 Å². The van der Waals surface area contributed by atoms with Crippen molar-refractivity contribution < 1.29 is 4.79 Å². The first-order valence-electron chi connectivity index (χ1n) is 5.59. The highest BCUT2D eigenvalue weighted by molar-refractivity contribution is 5.90. The van der Waals surface area contributed by atoms with Gasteiger partial charge in [-0.25, -0.2) is 4.79 Å². The van der Waals surface area contributed by atoms with Crippen molar-refractivity contribution in [2.24, 2.45) is 0 Å². The molecule has 0 aliphatic heterocycles. The molecule has 0 unspecified atom stereocenters. The summed E-state index contributed by atoms with van der Waals surface area (Å²) in [6, 6.07) is 5.70. The second-order valence-electron chi connectivity index (χ2n) is 4.30. The lowest BCUT2D eigenvalue weighted by molar-refractivity contribution is 0.240. The van der Waals surface area contributed by atoms with Gasteiger partial charge in [0.1, 0.15) is 0 Å². The second kappa shape index (κ2) is 4.43. The van der Waals surface area contributed by atoms with Gasteiger partial charge in [0.15, 0.2) is 0 Å². The van der Waals surface area contributed by atoms with Gasteiger partial charge in [0.25, 0.3) is 0 Å². The highest BCUT2D eigenvalue weighted by Crippen LogP contribution is 2.20. The summed E-state index contributed by atoms with van der Waals surface area (Å²) in [7, 11) is 0. The van der Waals surface area contributed by atoms with Gasteiger partial charge in [-0.3, -0.25) is 0 Å². The predicted octanol–water partition coefficient (Wildman–Crippen LogP) is 2.25. The fourth-order valence-electron chi connectivity index (χ4n) is 1.67. The molecule has 16 heavy (non-hydrogen) atoms. The Morgan fingerprint density at radius 3 is 2.81 bits per heavy atom. The minimum atomic E-state index is -0.140. The van der Waals surface area contributed by atoms with E-state index in [-0.39, 0.29) is 6.03 Å². The number of hydrogen-bond donors (Lipinski definition) is 3. The Labute approximate surface area is 95.2 Å². The first kappa shape index (κ1) is 10.8. The first-order chi connectivity index (χ1) is 7.65. The van der Waals surface area contributed by atoms with Gasteiger partial charge in [-0.2, -0.15) is 0 Å². The molecule has 4 heteroatoms. The number of rotatable bonds is 2. The van der Waals surface area contributed by atoms with E-state index in [0.29, 0.717) is 11.7 Å². The number of benzene rings is 1. The van der Waals surface area contributed by atoms with Crippen molar-refractivity contribution in [3.05, 3.63) is 23.8 Å². The van der Waals surface area contributed by atoms with Crippen LogP contribution in [-0.2, 0) is 0 Å². The molecule has 1 saturated carbocycles. The van der Waals surface area contributed by atoms with Crippen LogP contribution in [0.5, 0.6) is 0 Å². The zero-order chi connectivity index (χ0) is 11.5. The van der Waals surface area contributed by atoms with Crippen molar-refractivity contribution in [2.45, 2.75) is 32.2 Å². The molecular formula is C12H17N3O. The Kier molecular flexibility index (Phi) is 2.99. The summed E-state index contributed by atoms with van der Waals surface area (Å²) in [5.74, 6) is 0. The topological polar surface area (TPSA) is 67.1 Å². The zero-order valence-electron chi connectivity index (χ0n) is 9.42. The fourth-order valence-corrected chi connectivity index (χ4v) is 1.67. The summed E-state index contributed by atoms with van der Waals surface area (Å²) in [6.45, 7) is 1.94. The minimum Gasteiger partial charge on any atom is -0.399 e. The van der Waals surface area contributed by atoms with Gasteiger partial charge >= 0.3 is 6.03 Å². The van der Waals surface area contributed by atoms with Crippen molar-refractivity contribution in [3.63, 3.8) is 0 Å². The highest BCUT2D eigenvalue weighted by Gasteiger charge is 2.19. The van der Waals surface area contributed by atoms with Gasteiger partial charge in [-0.1, -0.05) is 6.07 Å². The van der Waals surface area contributed by atoms with Crippen LogP contribution >= 0.6 is 0 Å². The van der Waals surface area contributed by atoms with Crippen molar-refractivity contribution in [1.29, 1.82) is 0 Å². The Morgan fingerprint density at radius 1 is 1.44 bits per heavy atom. The number of aryl methyl sites for hydroxylation is 1. The maximum atomic E-state index is 11.6. The van der Waals surface area contributed by atoms with E-state index >= 15 is 0 Å². The molecule has 1 fully saturated rings. The van der Waals surface area contributed by atoms with Gasteiger partial charge in [0, 0.05) is 17.4 Å². The predicted molar refractivity (Wildman–Crippen MR) is 65.4 cm³/mol. The first-order valence-corrected chi connectivity index (χ1v) is 5.59. The molecule has 2 amide bonds. The maximum Gasteiger partial charge on any atom is 0.319 e. The average molecular weight is 219 g/mol. The lowest BCUT2D eigenvalue weighted by Gasteiger charge is -2.26. The lowest BCUT2D eigenvalue weighted by atomic mass is 9.93. The van der Waals surface area contributed by atoms with E-state index in [1.807, 2.05) is 19.1 Å². The molecule has 0 saturated heterocycles. The number of hydrogen-bond acceptors (Lipinski definition) is 2. The van der Waals surface area contributed by atoms with Crippen LogP contribution in [0.15, 0.2) is 18.2 Å². The molecule has 0 spiro atoms. The molecule has 0 bridgehead atoms. The van der Waals surface area contributed by atoms with Crippen LogP contribution in [0.2, 0.25) is 0 Å². The third-order valence-electron chi connectivity index (χ3n) is 2.95. The third-order valence-corrected chi connectivity index (χ3v) is 2.95.